The van der Waals surface area contributed by atoms with Crippen molar-refractivity contribution in [1.82, 2.24) is 9.80 Å². The van der Waals surface area contributed by atoms with Crippen LogP contribution in [0.25, 0.3) is 0 Å². The number of hydrogen-bond donors (Lipinski definition) is 1. The molecule has 1 amide bonds. The summed E-state index contributed by atoms with van der Waals surface area (Å²) in [7, 11) is 3.76. The van der Waals surface area contributed by atoms with Gasteiger partial charge in [-0.1, -0.05) is 23.7 Å². The van der Waals surface area contributed by atoms with Crippen molar-refractivity contribution in [2.75, 3.05) is 27.2 Å². The molecule has 116 valence electrons. The molecular formula is C16H23ClN2O2. The minimum absolute atomic E-state index is 0.0948. The topological polar surface area (TPSA) is 43.8 Å². The van der Waals surface area contributed by atoms with Gasteiger partial charge in [0.15, 0.2) is 0 Å². The molecule has 0 radical (unpaired) electrons. The predicted molar refractivity (Wildman–Crippen MR) is 84.2 cm³/mol. The van der Waals surface area contributed by atoms with Crippen molar-refractivity contribution < 1.29 is 9.90 Å². The predicted octanol–water partition coefficient (Wildman–Crippen LogP) is 2.00. The molecule has 0 aliphatic heterocycles. The minimum Gasteiger partial charge on any atom is -0.393 e. The molecular weight excluding hydrogens is 288 g/mol. The van der Waals surface area contributed by atoms with Crippen molar-refractivity contribution >= 4 is 17.5 Å². The molecule has 0 spiro atoms. The third kappa shape index (κ3) is 4.99. The quantitative estimate of drug-likeness (QED) is 0.874. The van der Waals surface area contributed by atoms with Gasteiger partial charge in [-0.05, 0) is 43.5 Å². The summed E-state index contributed by atoms with van der Waals surface area (Å²) >= 11 is 5.95. The SMILES string of the molecule is CN(CC(=O)N(C)Cc1cccc(Cl)c1)CC1CC(O)C1. The molecule has 2 rings (SSSR count). The summed E-state index contributed by atoms with van der Waals surface area (Å²) in [5.74, 6) is 0.619. The molecule has 1 fully saturated rings. The van der Waals surface area contributed by atoms with Crippen molar-refractivity contribution in [2.45, 2.75) is 25.5 Å². The monoisotopic (exact) mass is 310 g/mol. The number of benzene rings is 1. The first-order valence-electron chi connectivity index (χ1n) is 7.29. The van der Waals surface area contributed by atoms with Crippen molar-refractivity contribution in [3.8, 4) is 0 Å². The number of carbonyl (C=O) groups excluding carboxylic acids is 1. The van der Waals surface area contributed by atoms with E-state index in [4.69, 9.17) is 11.6 Å². The molecule has 5 heteroatoms. The van der Waals surface area contributed by atoms with E-state index in [0.717, 1.165) is 24.9 Å². The van der Waals surface area contributed by atoms with Gasteiger partial charge in [0, 0.05) is 25.2 Å². The van der Waals surface area contributed by atoms with Gasteiger partial charge in [0.2, 0.25) is 5.91 Å². The van der Waals surface area contributed by atoms with Crippen molar-refractivity contribution in [3.63, 3.8) is 0 Å². The third-order valence-electron chi connectivity index (χ3n) is 3.92. The zero-order valence-corrected chi connectivity index (χ0v) is 13.4. The minimum atomic E-state index is -0.135. The number of likely N-dealkylation sites (N-methyl/N-ethyl adjacent to an activating group) is 2. The first kappa shape index (κ1) is 16.3. The summed E-state index contributed by atoms with van der Waals surface area (Å²) in [4.78, 5) is 16.0. The zero-order valence-electron chi connectivity index (χ0n) is 12.6. The average Bonchev–Trinajstić information content (AvgIpc) is 2.36. The Morgan fingerprint density at radius 3 is 2.71 bits per heavy atom. The van der Waals surface area contributed by atoms with Crippen molar-refractivity contribution in [3.05, 3.63) is 34.9 Å². The van der Waals surface area contributed by atoms with Gasteiger partial charge < -0.3 is 10.0 Å². The number of rotatable bonds is 6. The summed E-state index contributed by atoms with van der Waals surface area (Å²) in [5, 5.41) is 9.97. The Labute approximate surface area is 131 Å². The Balaban J connectivity index is 1.76. The molecule has 4 nitrogen and oxygen atoms in total. The highest BCUT2D eigenvalue weighted by Crippen LogP contribution is 2.27. The molecule has 0 saturated heterocycles. The van der Waals surface area contributed by atoms with Crippen LogP contribution >= 0.6 is 11.6 Å². The van der Waals surface area contributed by atoms with Crippen LogP contribution in [0.5, 0.6) is 0 Å². The molecule has 1 N–H and O–H groups in total. The van der Waals surface area contributed by atoms with E-state index in [2.05, 4.69) is 0 Å². The second kappa shape index (κ2) is 7.25. The van der Waals surface area contributed by atoms with E-state index in [9.17, 15) is 9.90 Å². The van der Waals surface area contributed by atoms with Gasteiger partial charge in [-0.2, -0.15) is 0 Å². The molecule has 1 saturated carbocycles. The van der Waals surface area contributed by atoms with Gasteiger partial charge in [0.05, 0.1) is 12.6 Å². The maximum atomic E-state index is 12.2. The molecule has 1 aromatic rings. The highest BCUT2D eigenvalue weighted by Gasteiger charge is 2.28. The van der Waals surface area contributed by atoms with E-state index in [1.165, 1.54) is 0 Å². The molecule has 21 heavy (non-hydrogen) atoms. The van der Waals surface area contributed by atoms with Crippen LogP contribution in [0, 0.1) is 5.92 Å². The molecule has 0 aromatic heterocycles. The maximum Gasteiger partial charge on any atom is 0.236 e. The van der Waals surface area contributed by atoms with Gasteiger partial charge >= 0.3 is 0 Å². The summed E-state index contributed by atoms with van der Waals surface area (Å²) in [6.45, 7) is 1.84. The summed E-state index contributed by atoms with van der Waals surface area (Å²) in [6.07, 6.45) is 1.58. The van der Waals surface area contributed by atoms with Gasteiger partial charge in [-0.25, -0.2) is 0 Å². The zero-order chi connectivity index (χ0) is 15.4. The molecule has 1 aromatic carbocycles. The number of aliphatic hydroxyl groups excluding tert-OH is 1. The lowest BCUT2D eigenvalue weighted by Gasteiger charge is -2.34. The van der Waals surface area contributed by atoms with Gasteiger partial charge in [-0.15, -0.1) is 0 Å². The molecule has 1 aliphatic rings. The number of nitrogens with zero attached hydrogens (tertiary/aromatic N) is 2. The van der Waals surface area contributed by atoms with E-state index >= 15 is 0 Å². The van der Waals surface area contributed by atoms with E-state index in [1.807, 2.05) is 43.3 Å². The lowest BCUT2D eigenvalue weighted by molar-refractivity contribution is -0.131. The fourth-order valence-corrected chi connectivity index (χ4v) is 2.92. The van der Waals surface area contributed by atoms with Gasteiger partial charge in [-0.3, -0.25) is 9.69 Å². The van der Waals surface area contributed by atoms with E-state index in [1.54, 1.807) is 4.90 Å². The van der Waals surface area contributed by atoms with E-state index < -0.39 is 0 Å². The van der Waals surface area contributed by atoms with Crippen LogP contribution in [0.4, 0.5) is 0 Å². The molecule has 0 bridgehead atoms. The van der Waals surface area contributed by atoms with Crippen LogP contribution < -0.4 is 0 Å². The normalized spacial score (nSPS) is 21.2. The smallest absolute Gasteiger partial charge is 0.236 e. The third-order valence-corrected chi connectivity index (χ3v) is 4.16. The Kier molecular flexibility index (Phi) is 5.62. The number of hydrogen-bond acceptors (Lipinski definition) is 3. The molecule has 1 aliphatic carbocycles. The van der Waals surface area contributed by atoms with Gasteiger partial charge in [0.25, 0.3) is 0 Å². The molecule has 0 atom stereocenters. The van der Waals surface area contributed by atoms with Crippen LogP contribution in [-0.2, 0) is 11.3 Å². The van der Waals surface area contributed by atoms with Crippen LogP contribution in [-0.4, -0.2) is 54.1 Å². The highest BCUT2D eigenvalue weighted by atomic mass is 35.5. The van der Waals surface area contributed by atoms with Gasteiger partial charge in [0.1, 0.15) is 0 Å². The van der Waals surface area contributed by atoms with Crippen molar-refractivity contribution in [1.29, 1.82) is 0 Å². The Bertz CT molecular complexity index is 489. The van der Waals surface area contributed by atoms with E-state index in [-0.39, 0.29) is 12.0 Å². The van der Waals surface area contributed by atoms with E-state index in [0.29, 0.717) is 24.0 Å². The van der Waals surface area contributed by atoms with Crippen LogP contribution in [0.1, 0.15) is 18.4 Å². The lowest BCUT2D eigenvalue weighted by atomic mass is 9.82. The highest BCUT2D eigenvalue weighted by molar-refractivity contribution is 6.30. The summed E-state index contributed by atoms with van der Waals surface area (Å²) < 4.78 is 0. The first-order valence-corrected chi connectivity index (χ1v) is 7.67. The second-order valence-corrected chi connectivity index (χ2v) is 6.50. The van der Waals surface area contributed by atoms with Crippen LogP contribution in [0.3, 0.4) is 0 Å². The Morgan fingerprint density at radius 2 is 2.10 bits per heavy atom. The van der Waals surface area contributed by atoms with Crippen LogP contribution in [0.2, 0.25) is 5.02 Å². The number of aliphatic hydroxyl groups is 1. The fraction of sp³-hybridized carbons (Fsp3) is 0.562. The molecule has 0 unspecified atom stereocenters. The number of carbonyl (C=O) groups is 1. The maximum absolute atomic E-state index is 12.2. The summed E-state index contributed by atoms with van der Waals surface area (Å²) in [5.41, 5.74) is 1.03. The lowest BCUT2D eigenvalue weighted by Crippen LogP contribution is -2.41. The Hall–Kier alpha value is -1.10. The van der Waals surface area contributed by atoms with Crippen LogP contribution in [0.15, 0.2) is 24.3 Å². The average molecular weight is 311 g/mol. The summed E-state index contributed by atoms with van der Waals surface area (Å²) in [6, 6.07) is 7.57. The van der Waals surface area contributed by atoms with Crippen molar-refractivity contribution in [2.24, 2.45) is 5.92 Å². The standard InChI is InChI=1S/C16H23ClN2O2/c1-18(9-13-7-15(20)8-13)11-16(21)19(2)10-12-4-3-5-14(17)6-12/h3-6,13,15,20H,7-11H2,1-2H3. The number of amides is 1. The molecule has 0 heterocycles. The Morgan fingerprint density at radius 1 is 1.38 bits per heavy atom. The largest absolute Gasteiger partial charge is 0.393 e. The second-order valence-electron chi connectivity index (χ2n) is 6.07. The first-order chi connectivity index (χ1) is 9.94. The fourth-order valence-electron chi connectivity index (χ4n) is 2.70. The number of halogens is 1.